The third-order valence-electron chi connectivity index (χ3n) is 3.03. The number of benzene rings is 1. The van der Waals surface area contributed by atoms with Crippen LogP contribution in [-0.2, 0) is 6.54 Å². The topological polar surface area (TPSA) is 17.8 Å². The molecule has 98 valence electrons. The molecule has 2 rings (SSSR count). The maximum absolute atomic E-state index is 6.29. The normalized spacial score (nSPS) is 13.4. The molecule has 0 saturated heterocycles. The minimum atomic E-state index is -0.111. The molecule has 18 heavy (non-hydrogen) atoms. The Balaban J connectivity index is 2.54. The summed E-state index contributed by atoms with van der Waals surface area (Å²) in [5.41, 5.74) is 1.93. The van der Waals surface area contributed by atoms with Gasteiger partial charge in [0.25, 0.3) is 0 Å². The van der Waals surface area contributed by atoms with Gasteiger partial charge < -0.3 is 4.57 Å². The van der Waals surface area contributed by atoms with Crippen molar-refractivity contribution >= 4 is 34.2 Å². The van der Waals surface area contributed by atoms with Gasteiger partial charge in [0.1, 0.15) is 5.82 Å². The lowest BCUT2D eigenvalue weighted by Crippen LogP contribution is -2.07. The molecule has 1 aromatic heterocycles. The number of halogens is 2. The van der Waals surface area contributed by atoms with Crippen molar-refractivity contribution in [3.05, 3.63) is 29.0 Å². The molecule has 0 aliphatic rings. The van der Waals surface area contributed by atoms with E-state index in [-0.39, 0.29) is 5.38 Å². The zero-order chi connectivity index (χ0) is 13.3. The standard InChI is InChI=1S/C14H18Cl2N2/c1-9(2)7-8-18-13-11(16)5-4-6-12(13)17-14(18)10(3)15/h4-6,9-10H,7-8H2,1-3H3. The summed E-state index contributed by atoms with van der Waals surface area (Å²) in [7, 11) is 0. The van der Waals surface area contributed by atoms with Crippen LogP contribution in [0.1, 0.15) is 38.4 Å². The third-order valence-corrected chi connectivity index (χ3v) is 3.53. The van der Waals surface area contributed by atoms with Gasteiger partial charge in [-0.15, -0.1) is 11.6 Å². The number of aromatic nitrogens is 2. The average molecular weight is 285 g/mol. The van der Waals surface area contributed by atoms with Gasteiger partial charge in [0.2, 0.25) is 0 Å². The maximum atomic E-state index is 6.29. The quantitative estimate of drug-likeness (QED) is 0.720. The maximum Gasteiger partial charge on any atom is 0.127 e. The number of hydrogen-bond donors (Lipinski definition) is 0. The second kappa shape index (κ2) is 5.50. The van der Waals surface area contributed by atoms with E-state index in [9.17, 15) is 0 Å². The van der Waals surface area contributed by atoms with Crippen LogP contribution in [0.4, 0.5) is 0 Å². The molecule has 0 N–H and O–H groups in total. The number of nitrogens with zero attached hydrogens (tertiary/aromatic N) is 2. The largest absolute Gasteiger partial charge is 0.326 e. The van der Waals surface area contributed by atoms with Crippen LogP contribution in [0.2, 0.25) is 5.02 Å². The van der Waals surface area contributed by atoms with E-state index in [4.69, 9.17) is 23.2 Å². The number of fused-ring (bicyclic) bond motifs is 1. The average Bonchev–Trinajstić information content (AvgIpc) is 2.66. The number of imidazole rings is 1. The first-order valence-corrected chi connectivity index (χ1v) is 7.11. The van der Waals surface area contributed by atoms with Crippen molar-refractivity contribution in [1.29, 1.82) is 0 Å². The first-order chi connectivity index (χ1) is 8.50. The monoisotopic (exact) mass is 284 g/mol. The smallest absolute Gasteiger partial charge is 0.127 e. The molecule has 0 aliphatic heterocycles. The summed E-state index contributed by atoms with van der Waals surface area (Å²) in [6.45, 7) is 7.28. The summed E-state index contributed by atoms with van der Waals surface area (Å²) in [5.74, 6) is 1.55. The van der Waals surface area contributed by atoms with Gasteiger partial charge in [-0.25, -0.2) is 4.98 Å². The Hall–Kier alpha value is -0.730. The fourth-order valence-corrected chi connectivity index (χ4v) is 2.52. The molecular weight excluding hydrogens is 267 g/mol. The molecule has 0 radical (unpaired) electrons. The number of alkyl halides is 1. The van der Waals surface area contributed by atoms with Crippen molar-refractivity contribution in [2.45, 2.75) is 39.1 Å². The van der Waals surface area contributed by atoms with E-state index in [1.165, 1.54) is 0 Å². The lowest BCUT2D eigenvalue weighted by atomic mass is 10.1. The van der Waals surface area contributed by atoms with Crippen LogP contribution in [0.3, 0.4) is 0 Å². The molecule has 2 aromatic rings. The molecule has 0 bridgehead atoms. The van der Waals surface area contributed by atoms with E-state index in [0.717, 1.165) is 34.8 Å². The Labute approximate surface area is 118 Å². The fraction of sp³-hybridized carbons (Fsp3) is 0.500. The first-order valence-electron chi connectivity index (χ1n) is 6.29. The highest BCUT2D eigenvalue weighted by Crippen LogP contribution is 2.29. The first kappa shape index (κ1) is 13.7. The Morgan fingerprint density at radius 2 is 2.00 bits per heavy atom. The van der Waals surface area contributed by atoms with E-state index in [0.29, 0.717) is 5.92 Å². The summed E-state index contributed by atoms with van der Waals surface area (Å²) >= 11 is 12.5. The molecule has 4 heteroatoms. The molecule has 1 aromatic carbocycles. The third kappa shape index (κ3) is 2.65. The fourth-order valence-electron chi connectivity index (χ4n) is 2.08. The van der Waals surface area contributed by atoms with E-state index >= 15 is 0 Å². The predicted octanol–water partition coefficient (Wildman–Crippen LogP) is 5.04. The summed E-state index contributed by atoms with van der Waals surface area (Å²) in [5, 5.41) is 0.632. The van der Waals surface area contributed by atoms with Crippen molar-refractivity contribution in [1.82, 2.24) is 9.55 Å². The molecule has 1 unspecified atom stereocenters. The predicted molar refractivity (Wildman–Crippen MR) is 78.5 cm³/mol. The van der Waals surface area contributed by atoms with Crippen molar-refractivity contribution in [2.24, 2.45) is 5.92 Å². The van der Waals surface area contributed by atoms with Gasteiger partial charge in [-0.1, -0.05) is 31.5 Å². The van der Waals surface area contributed by atoms with Gasteiger partial charge in [0.05, 0.1) is 21.4 Å². The zero-order valence-electron chi connectivity index (χ0n) is 11.0. The minimum absolute atomic E-state index is 0.111. The Kier molecular flexibility index (Phi) is 4.18. The molecule has 0 aliphatic carbocycles. The van der Waals surface area contributed by atoms with Crippen LogP contribution in [0.15, 0.2) is 18.2 Å². The van der Waals surface area contributed by atoms with Crippen molar-refractivity contribution in [2.75, 3.05) is 0 Å². The minimum Gasteiger partial charge on any atom is -0.326 e. The van der Waals surface area contributed by atoms with Gasteiger partial charge in [-0.05, 0) is 31.4 Å². The van der Waals surface area contributed by atoms with Gasteiger partial charge in [-0.2, -0.15) is 0 Å². The molecule has 1 atom stereocenters. The Bertz CT molecular complexity index is 544. The molecule has 0 spiro atoms. The van der Waals surface area contributed by atoms with Crippen LogP contribution < -0.4 is 0 Å². The van der Waals surface area contributed by atoms with Gasteiger partial charge in [0, 0.05) is 6.54 Å². The summed E-state index contributed by atoms with van der Waals surface area (Å²) in [4.78, 5) is 4.60. The lowest BCUT2D eigenvalue weighted by molar-refractivity contribution is 0.512. The van der Waals surface area contributed by atoms with Gasteiger partial charge >= 0.3 is 0 Å². The van der Waals surface area contributed by atoms with Crippen molar-refractivity contribution in [3.8, 4) is 0 Å². The molecule has 1 heterocycles. The van der Waals surface area contributed by atoms with E-state index in [2.05, 4.69) is 23.4 Å². The lowest BCUT2D eigenvalue weighted by Gasteiger charge is -2.12. The second-order valence-electron chi connectivity index (χ2n) is 5.03. The van der Waals surface area contributed by atoms with Gasteiger partial charge in [-0.3, -0.25) is 0 Å². The number of hydrogen-bond acceptors (Lipinski definition) is 1. The highest BCUT2D eigenvalue weighted by molar-refractivity contribution is 6.35. The summed E-state index contributed by atoms with van der Waals surface area (Å²) < 4.78 is 2.16. The number of para-hydroxylation sites is 1. The van der Waals surface area contributed by atoms with Crippen molar-refractivity contribution < 1.29 is 0 Å². The highest BCUT2D eigenvalue weighted by Gasteiger charge is 2.16. The number of rotatable bonds is 4. The summed E-state index contributed by atoms with van der Waals surface area (Å²) in [6.07, 6.45) is 1.09. The van der Waals surface area contributed by atoms with Crippen LogP contribution in [0.5, 0.6) is 0 Å². The van der Waals surface area contributed by atoms with Gasteiger partial charge in [0.15, 0.2) is 0 Å². The van der Waals surface area contributed by atoms with Crippen LogP contribution in [0, 0.1) is 5.92 Å². The molecule has 0 fully saturated rings. The zero-order valence-corrected chi connectivity index (χ0v) is 12.5. The second-order valence-corrected chi connectivity index (χ2v) is 6.09. The SMILES string of the molecule is CC(C)CCn1c(C(C)Cl)nc2cccc(Cl)c21. The van der Waals surface area contributed by atoms with E-state index < -0.39 is 0 Å². The molecule has 0 saturated carbocycles. The summed E-state index contributed by atoms with van der Waals surface area (Å²) in [6, 6.07) is 5.81. The van der Waals surface area contributed by atoms with Crippen molar-refractivity contribution in [3.63, 3.8) is 0 Å². The highest BCUT2D eigenvalue weighted by atomic mass is 35.5. The Morgan fingerprint density at radius 1 is 1.28 bits per heavy atom. The Morgan fingerprint density at radius 3 is 2.61 bits per heavy atom. The van der Waals surface area contributed by atoms with E-state index in [1.807, 2.05) is 25.1 Å². The van der Waals surface area contributed by atoms with Crippen LogP contribution >= 0.6 is 23.2 Å². The van der Waals surface area contributed by atoms with E-state index in [1.54, 1.807) is 0 Å². The molecular formula is C14H18Cl2N2. The molecule has 0 amide bonds. The van der Waals surface area contributed by atoms with Crippen LogP contribution in [-0.4, -0.2) is 9.55 Å². The molecule has 2 nitrogen and oxygen atoms in total. The number of aryl methyl sites for hydroxylation is 1. The van der Waals surface area contributed by atoms with Crippen LogP contribution in [0.25, 0.3) is 11.0 Å².